The standard InChI is InChI=1S/C18H20N6O4S/c25-18-16-14(9-19-10-15(16)28-12-7-20-21-8-12)22-17(23-18)11-3-5-24(6-4-11)29(26,27)13-1-2-13/h7-11,13H,1-6H2,(H,20,21)(H,22,23,25). The summed E-state index contributed by atoms with van der Waals surface area (Å²) >= 11 is 0. The van der Waals surface area contributed by atoms with Crippen molar-refractivity contribution in [1.29, 1.82) is 0 Å². The first-order chi connectivity index (χ1) is 14.0. The fraction of sp³-hybridized carbons (Fsp3) is 0.444. The number of sulfonamides is 1. The third kappa shape index (κ3) is 3.40. The number of rotatable bonds is 5. The van der Waals surface area contributed by atoms with Crippen LogP contribution < -0.4 is 4.74 Å². The Labute approximate surface area is 167 Å². The van der Waals surface area contributed by atoms with Crippen molar-refractivity contribution < 1.29 is 18.3 Å². The zero-order chi connectivity index (χ0) is 20.0. The van der Waals surface area contributed by atoms with Gasteiger partial charge < -0.3 is 9.84 Å². The zero-order valence-corrected chi connectivity index (χ0v) is 16.3. The van der Waals surface area contributed by atoms with Gasteiger partial charge in [0.2, 0.25) is 15.9 Å². The van der Waals surface area contributed by atoms with Crippen molar-refractivity contribution in [3.8, 4) is 17.4 Å². The molecule has 1 aliphatic carbocycles. The van der Waals surface area contributed by atoms with Crippen molar-refractivity contribution in [3.05, 3.63) is 30.6 Å². The SMILES string of the molecule is O=S(=O)(C1CC1)N1CCC(c2nc(O)c3c(Oc4cn[nH]c4)cncc3n2)CC1. The van der Waals surface area contributed by atoms with E-state index in [1.54, 1.807) is 16.7 Å². The number of fused-ring (bicyclic) bond motifs is 1. The van der Waals surface area contributed by atoms with Crippen LogP contribution >= 0.6 is 0 Å². The number of hydrogen-bond donors (Lipinski definition) is 2. The third-order valence-corrected chi connectivity index (χ3v) is 7.79. The molecule has 2 N–H and O–H groups in total. The number of hydrogen-bond acceptors (Lipinski definition) is 8. The minimum absolute atomic E-state index is 0.0191. The first-order valence-electron chi connectivity index (χ1n) is 9.52. The van der Waals surface area contributed by atoms with Crippen molar-refractivity contribution in [2.45, 2.75) is 36.9 Å². The predicted molar refractivity (Wildman–Crippen MR) is 103 cm³/mol. The molecule has 1 saturated heterocycles. The van der Waals surface area contributed by atoms with Gasteiger partial charge in [-0.2, -0.15) is 10.1 Å². The van der Waals surface area contributed by atoms with Gasteiger partial charge in [-0.15, -0.1) is 0 Å². The molecule has 10 nitrogen and oxygen atoms in total. The lowest BCUT2D eigenvalue weighted by atomic mass is 9.97. The van der Waals surface area contributed by atoms with Crippen molar-refractivity contribution in [1.82, 2.24) is 29.5 Å². The van der Waals surface area contributed by atoms with Gasteiger partial charge in [0, 0.05) is 19.0 Å². The van der Waals surface area contributed by atoms with Crippen molar-refractivity contribution >= 4 is 20.9 Å². The Bertz CT molecular complexity index is 1140. The van der Waals surface area contributed by atoms with Crippen LogP contribution in [0.2, 0.25) is 0 Å². The van der Waals surface area contributed by atoms with Gasteiger partial charge in [0.15, 0.2) is 11.5 Å². The fourth-order valence-electron chi connectivity index (χ4n) is 3.68. The van der Waals surface area contributed by atoms with Gasteiger partial charge in [-0.25, -0.2) is 17.7 Å². The van der Waals surface area contributed by atoms with E-state index in [2.05, 4.69) is 25.1 Å². The van der Waals surface area contributed by atoms with Crippen LogP contribution in [0.5, 0.6) is 17.4 Å². The van der Waals surface area contributed by atoms with E-state index < -0.39 is 10.0 Å². The van der Waals surface area contributed by atoms with Crippen LogP contribution in [0.3, 0.4) is 0 Å². The van der Waals surface area contributed by atoms with Gasteiger partial charge in [0.1, 0.15) is 11.2 Å². The van der Waals surface area contributed by atoms with Crippen LogP contribution in [-0.4, -0.2) is 61.3 Å². The Morgan fingerprint density at radius 1 is 1.10 bits per heavy atom. The average molecular weight is 416 g/mol. The van der Waals surface area contributed by atoms with E-state index in [1.807, 2.05) is 0 Å². The molecule has 0 bridgehead atoms. The van der Waals surface area contributed by atoms with Gasteiger partial charge in [-0.3, -0.25) is 10.1 Å². The number of aromatic nitrogens is 5. The summed E-state index contributed by atoms with van der Waals surface area (Å²) in [5.41, 5.74) is 0.474. The molecule has 1 saturated carbocycles. The molecule has 0 radical (unpaired) electrons. The monoisotopic (exact) mass is 416 g/mol. The Morgan fingerprint density at radius 3 is 2.59 bits per heavy atom. The molecule has 29 heavy (non-hydrogen) atoms. The highest BCUT2D eigenvalue weighted by molar-refractivity contribution is 7.90. The number of H-pyrrole nitrogens is 1. The fourth-order valence-corrected chi connectivity index (χ4v) is 5.55. The summed E-state index contributed by atoms with van der Waals surface area (Å²) in [4.78, 5) is 13.0. The molecule has 0 amide bonds. The maximum absolute atomic E-state index is 12.4. The minimum Gasteiger partial charge on any atom is -0.493 e. The molecule has 0 atom stereocenters. The molecule has 3 aromatic heterocycles. The van der Waals surface area contributed by atoms with Gasteiger partial charge in [-0.05, 0) is 25.7 Å². The summed E-state index contributed by atoms with van der Waals surface area (Å²) in [6.07, 6.45) is 8.89. The smallest absolute Gasteiger partial charge is 0.226 e. The summed E-state index contributed by atoms with van der Waals surface area (Å²) in [5, 5.41) is 17.2. The molecule has 0 unspecified atom stereocenters. The molecule has 5 rings (SSSR count). The highest BCUT2D eigenvalue weighted by Crippen LogP contribution is 2.37. The second-order valence-electron chi connectivity index (χ2n) is 7.39. The van der Waals surface area contributed by atoms with E-state index in [0.29, 0.717) is 54.2 Å². The van der Waals surface area contributed by atoms with Gasteiger partial charge >= 0.3 is 0 Å². The molecule has 11 heteroatoms. The van der Waals surface area contributed by atoms with E-state index in [-0.39, 0.29) is 17.0 Å². The maximum Gasteiger partial charge on any atom is 0.226 e. The molecule has 4 heterocycles. The number of nitrogens with one attached hydrogen (secondary N) is 1. The van der Waals surface area contributed by atoms with Gasteiger partial charge in [0.25, 0.3) is 0 Å². The number of aromatic amines is 1. The Balaban J connectivity index is 1.39. The quantitative estimate of drug-likeness (QED) is 0.644. The van der Waals surface area contributed by atoms with Crippen LogP contribution in [0.25, 0.3) is 10.9 Å². The largest absolute Gasteiger partial charge is 0.493 e. The first kappa shape index (κ1) is 18.3. The van der Waals surface area contributed by atoms with E-state index in [4.69, 9.17) is 4.74 Å². The minimum atomic E-state index is -3.16. The van der Waals surface area contributed by atoms with Crippen LogP contribution in [0, 0.1) is 0 Å². The molecule has 3 aromatic rings. The van der Waals surface area contributed by atoms with Crippen LogP contribution in [0.1, 0.15) is 37.4 Å². The molecule has 152 valence electrons. The Kier molecular flexibility index (Phi) is 4.36. The zero-order valence-electron chi connectivity index (χ0n) is 15.5. The molecule has 0 aromatic carbocycles. The van der Waals surface area contributed by atoms with E-state index >= 15 is 0 Å². The lowest BCUT2D eigenvalue weighted by Crippen LogP contribution is -2.40. The first-order valence-corrected chi connectivity index (χ1v) is 11.0. The summed E-state index contributed by atoms with van der Waals surface area (Å²) in [6.45, 7) is 0.904. The van der Waals surface area contributed by atoms with E-state index in [1.165, 1.54) is 12.4 Å². The second-order valence-corrected chi connectivity index (χ2v) is 9.60. The summed E-state index contributed by atoms with van der Waals surface area (Å²) in [7, 11) is -3.16. The molecule has 1 aliphatic heterocycles. The summed E-state index contributed by atoms with van der Waals surface area (Å²) in [6, 6.07) is 0. The number of ether oxygens (including phenoxy) is 1. The summed E-state index contributed by atoms with van der Waals surface area (Å²) < 4.78 is 32.1. The lowest BCUT2D eigenvalue weighted by Gasteiger charge is -2.30. The molecular formula is C18H20N6O4S. The second kappa shape index (κ2) is 6.92. The molecule has 0 spiro atoms. The Morgan fingerprint density at radius 2 is 1.90 bits per heavy atom. The lowest BCUT2D eigenvalue weighted by molar-refractivity contribution is 0.311. The molecular weight excluding hydrogens is 396 g/mol. The van der Waals surface area contributed by atoms with Crippen LogP contribution in [0.4, 0.5) is 0 Å². The number of aromatic hydroxyl groups is 1. The van der Waals surface area contributed by atoms with Gasteiger partial charge in [0.05, 0.1) is 35.6 Å². The normalized spacial score (nSPS) is 18.9. The van der Waals surface area contributed by atoms with Crippen LogP contribution in [0.15, 0.2) is 24.8 Å². The topological polar surface area (TPSA) is 134 Å². The van der Waals surface area contributed by atoms with Crippen LogP contribution in [-0.2, 0) is 10.0 Å². The molecule has 2 fully saturated rings. The molecule has 2 aliphatic rings. The predicted octanol–water partition coefficient (Wildman–Crippen LogP) is 1.92. The van der Waals surface area contributed by atoms with Crippen molar-refractivity contribution in [3.63, 3.8) is 0 Å². The highest BCUT2D eigenvalue weighted by atomic mass is 32.2. The van der Waals surface area contributed by atoms with E-state index in [9.17, 15) is 13.5 Å². The third-order valence-electron chi connectivity index (χ3n) is 5.40. The highest BCUT2D eigenvalue weighted by Gasteiger charge is 2.41. The van der Waals surface area contributed by atoms with Crippen molar-refractivity contribution in [2.24, 2.45) is 0 Å². The van der Waals surface area contributed by atoms with Gasteiger partial charge in [-0.1, -0.05) is 0 Å². The summed E-state index contributed by atoms with van der Waals surface area (Å²) in [5.74, 6) is 1.11. The maximum atomic E-state index is 12.4. The number of piperidine rings is 1. The Hall–Kier alpha value is -2.79. The number of pyridine rings is 1. The van der Waals surface area contributed by atoms with Crippen molar-refractivity contribution in [2.75, 3.05) is 13.1 Å². The average Bonchev–Trinajstić information content (AvgIpc) is 3.47. The van der Waals surface area contributed by atoms with E-state index in [0.717, 1.165) is 12.8 Å². The number of nitrogens with zero attached hydrogens (tertiary/aromatic N) is 5.